The normalized spacial score (nSPS) is 11.3. The molecule has 0 N–H and O–H groups in total. The maximum atomic E-state index is 11.8. The molecule has 0 saturated carbocycles. The molecule has 20 heavy (non-hydrogen) atoms. The van der Waals surface area contributed by atoms with E-state index in [-0.39, 0.29) is 5.56 Å². The lowest BCUT2D eigenvalue weighted by Gasteiger charge is -2.08. The van der Waals surface area contributed by atoms with E-state index < -0.39 is 18.0 Å². The van der Waals surface area contributed by atoms with E-state index in [0.29, 0.717) is 22.1 Å². The third-order valence-electron chi connectivity index (χ3n) is 3.50. The molecule has 0 radical (unpaired) electrons. The van der Waals surface area contributed by atoms with Gasteiger partial charge in [-0.15, -0.1) is 0 Å². The van der Waals surface area contributed by atoms with Crippen LogP contribution in [0.2, 0.25) is 0 Å². The van der Waals surface area contributed by atoms with Crippen LogP contribution in [-0.2, 0) is 11.2 Å². The summed E-state index contributed by atoms with van der Waals surface area (Å²) in [6.45, 7) is 3.62. The van der Waals surface area contributed by atoms with Gasteiger partial charge in [0, 0.05) is 34.8 Å². The second-order valence-electron chi connectivity index (χ2n) is 4.81. The number of rotatable bonds is 2. The van der Waals surface area contributed by atoms with Crippen molar-refractivity contribution in [3.63, 3.8) is 0 Å². The van der Waals surface area contributed by atoms with Gasteiger partial charge in [0.15, 0.2) is 0 Å². The van der Waals surface area contributed by atoms with Crippen molar-refractivity contribution in [2.45, 2.75) is 20.3 Å². The number of fused-ring (bicyclic) bond motifs is 2. The van der Waals surface area contributed by atoms with Crippen LogP contribution in [0.25, 0.3) is 21.9 Å². The highest BCUT2D eigenvalue weighted by Crippen LogP contribution is 2.28. The van der Waals surface area contributed by atoms with E-state index >= 15 is 0 Å². The van der Waals surface area contributed by atoms with Crippen LogP contribution in [0.15, 0.2) is 32.0 Å². The molecule has 0 spiro atoms. The zero-order valence-electron chi connectivity index (χ0n) is 11.0. The Morgan fingerprint density at radius 3 is 2.65 bits per heavy atom. The van der Waals surface area contributed by atoms with Gasteiger partial charge in [0.2, 0.25) is 0 Å². The highest BCUT2D eigenvalue weighted by molar-refractivity contribution is 5.96. The number of benzene rings is 1. The van der Waals surface area contributed by atoms with Crippen molar-refractivity contribution >= 4 is 27.9 Å². The fourth-order valence-electron chi connectivity index (χ4n) is 2.39. The Labute approximate surface area is 113 Å². The second-order valence-corrected chi connectivity index (χ2v) is 4.81. The Bertz CT molecular complexity index is 898. The number of carboxylic acid groups (broad SMARTS) is 1. The number of hydrogen-bond acceptors (Lipinski definition) is 5. The Balaban J connectivity index is 2.40. The molecule has 2 aromatic heterocycles. The lowest BCUT2D eigenvalue weighted by Crippen LogP contribution is -2.27. The molecule has 2 heterocycles. The molecule has 3 aromatic rings. The lowest BCUT2D eigenvalue weighted by atomic mass is 10.0. The maximum absolute atomic E-state index is 11.8. The zero-order chi connectivity index (χ0) is 14.4. The van der Waals surface area contributed by atoms with E-state index in [0.717, 1.165) is 10.9 Å². The monoisotopic (exact) mass is 271 g/mol. The number of hydrogen-bond donors (Lipinski definition) is 0. The van der Waals surface area contributed by atoms with Crippen LogP contribution in [0, 0.1) is 13.8 Å². The van der Waals surface area contributed by atoms with Gasteiger partial charge in [-0.2, -0.15) is 0 Å². The highest BCUT2D eigenvalue weighted by atomic mass is 16.4. The van der Waals surface area contributed by atoms with Crippen LogP contribution in [0.1, 0.15) is 16.7 Å². The van der Waals surface area contributed by atoms with Gasteiger partial charge in [0.1, 0.15) is 11.2 Å². The van der Waals surface area contributed by atoms with Crippen molar-refractivity contribution in [2.24, 2.45) is 0 Å². The van der Waals surface area contributed by atoms with E-state index in [1.165, 1.54) is 0 Å². The molecule has 0 aliphatic carbocycles. The molecule has 5 heteroatoms. The minimum absolute atomic E-state index is 0.123. The first-order chi connectivity index (χ1) is 9.47. The molecule has 0 bridgehead atoms. The highest BCUT2D eigenvalue weighted by Gasteiger charge is 2.14. The van der Waals surface area contributed by atoms with Gasteiger partial charge in [0.05, 0.1) is 6.26 Å². The summed E-state index contributed by atoms with van der Waals surface area (Å²) in [6.07, 6.45) is 1.17. The predicted octanol–water partition coefficient (Wildman–Crippen LogP) is 1.45. The summed E-state index contributed by atoms with van der Waals surface area (Å²) in [5.74, 6) is -1.31. The molecule has 102 valence electrons. The molecule has 3 rings (SSSR count). The largest absolute Gasteiger partial charge is 0.550 e. The molecule has 5 nitrogen and oxygen atoms in total. The van der Waals surface area contributed by atoms with Gasteiger partial charge in [0.25, 0.3) is 0 Å². The molecule has 0 amide bonds. The summed E-state index contributed by atoms with van der Waals surface area (Å²) in [5.41, 5.74) is 2.05. The van der Waals surface area contributed by atoms with Crippen molar-refractivity contribution in [2.75, 3.05) is 0 Å². The summed E-state index contributed by atoms with van der Waals surface area (Å²) < 4.78 is 10.6. The second kappa shape index (κ2) is 4.23. The quantitative estimate of drug-likeness (QED) is 0.659. The molecular weight excluding hydrogens is 260 g/mol. The number of carbonyl (C=O) groups is 1. The molecule has 0 aliphatic heterocycles. The minimum Gasteiger partial charge on any atom is -0.550 e. The van der Waals surface area contributed by atoms with Crippen molar-refractivity contribution < 1.29 is 18.7 Å². The van der Waals surface area contributed by atoms with E-state index in [2.05, 4.69) is 0 Å². The van der Waals surface area contributed by atoms with E-state index in [1.54, 1.807) is 19.3 Å². The van der Waals surface area contributed by atoms with Gasteiger partial charge in [-0.25, -0.2) is 4.79 Å². The van der Waals surface area contributed by atoms with E-state index in [4.69, 9.17) is 8.83 Å². The maximum Gasteiger partial charge on any atom is 0.340 e. The topological polar surface area (TPSA) is 83.5 Å². The molecule has 0 saturated heterocycles. The Hall–Kier alpha value is -2.56. The van der Waals surface area contributed by atoms with Crippen LogP contribution in [0.5, 0.6) is 0 Å². The van der Waals surface area contributed by atoms with Crippen molar-refractivity contribution in [3.05, 3.63) is 45.5 Å². The van der Waals surface area contributed by atoms with Gasteiger partial charge in [-0.05, 0) is 31.0 Å². The Morgan fingerprint density at radius 1 is 1.20 bits per heavy atom. The van der Waals surface area contributed by atoms with Crippen molar-refractivity contribution in [1.82, 2.24) is 0 Å². The SMILES string of the molecule is Cc1coc2cc3oc(=O)c(CC(=O)[O-])c(C)c3cc12. The van der Waals surface area contributed by atoms with Gasteiger partial charge in [-0.3, -0.25) is 0 Å². The van der Waals surface area contributed by atoms with Crippen LogP contribution >= 0.6 is 0 Å². The third-order valence-corrected chi connectivity index (χ3v) is 3.50. The first-order valence-corrected chi connectivity index (χ1v) is 6.11. The lowest BCUT2D eigenvalue weighted by molar-refractivity contribution is -0.304. The minimum atomic E-state index is -1.31. The molecule has 0 unspecified atom stereocenters. The van der Waals surface area contributed by atoms with Gasteiger partial charge >= 0.3 is 5.63 Å². The average Bonchev–Trinajstić information content (AvgIpc) is 2.74. The molecule has 0 atom stereocenters. The summed E-state index contributed by atoms with van der Waals surface area (Å²) >= 11 is 0. The summed E-state index contributed by atoms with van der Waals surface area (Å²) in [7, 11) is 0. The standard InChI is InChI=1S/C15H12O5/c1-7-6-19-12-5-13-10(3-9(7)12)8(2)11(4-14(16)17)15(18)20-13/h3,5-6H,4H2,1-2H3,(H,16,17)/p-1. The number of aliphatic carboxylic acids is 1. The number of carbonyl (C=O) groups excluding carboxylic acids is 1. The Kier molecular flexibility index (Phi) is 2.64. The molecule has 1 aromatic carbocycles. The summed E-state index contributed by atoms with van der Waals surface area (Å²) in [5, 5.41) is 12.3. The molecule has 0 aliphatic rings. The smallest absolute Gasteiger partial charge is 0.340 e. The molecule has 0 fully saturated rings. The van der Waals surface area contributed by atoms with E-state index in [1.807, 2.05) is 13.0 Å². The fourth-order valence-corrected chi connectivity index (χ4v) is 2.39. The average molecular weight is 271 g/mol. The van der Waals surface area contributed by atoms with Crippen LogP contribution in [0.4, 0.5) is 0 Å². The molecular formula is C15H11O5-. The third kappa shape index (κ3) is 1.79. The van der Waals surface area contributed by atoms with Crippen LogP contribution < -0.4 is 10.7 Å². The summed E-state index contributed by atoms with van der Waals surface area (Å²) in [6, 6.07) is 3.50. The Morgan fingerprint density at radius 2 is 1.95 bits per heavy atom. The van der Waals surface area contributed by atoms with Crippen molar-refractivity contribution in [1.29, 1.82) is 0 Å². The number of carboxylic acids is 1. The first kappa shape index (κ1) is 12.5. The van der Waals surface area contributed by atoms with Gasteiger partial charge in [-0.1, -0.05) is 0 Å². The predicted molar refractivity (Wildman–Crippen MR) is 70.4 cm³/mol. The number of furan rings is 1. The van der Waals surface area contributed by atoms with Crippen molar-refractivity contribution in [3.8, 4) is 0 Å². The van der Waals surface area contributed by atoms with E-state index in [9.17, 15) is 14.7 Å². The van der Waals surface area contributed by atoms with Crippen LogP contribution in [0.3, 0.4) is 0 Å². The summed E-state index contributed by atoms with van der Waals surface area (Å²) in [4.78, 5) is 22.6. The van der Waals surface area contributed by atoms with Crippen LogP contribution in [-0.4, -0.2) is 5.97 Å². The van der Waals surface area contributed by atoms with Gasteiger partial charge < -0.3 is 18.7 Å². The fraction of sp³-hybridized carbons (Fsp3) is 0.200. The number of aryl methyl sites for hydroxylation is 2. The zero-order valence-corrected chi connectivity index (χ0v) is 11.0. The first-order valence-electron chi connectivity index (χ1n) is 6.11.